The first-order chi connectivity index (χ1) is 8.10. The van der Waals surface area contributed by atoms with Gasteiger partial charge in [0.2, 0.25) is 0 Å². The molecule has 0 fully saturated rings. The fourth-order valence-corrected chi connectivity index (χ4v) is 1.86. The molecule has 5 heteroatoms. The zero-order chi connectivity index (χ0) is 13.7. The van der Waals surface area contributed by atoms with Crippen molar-refractivity contribution in [2.24, 2.45) is 0 Å². The molecule has 0 aromatic carbocycles. The van der Waals surface area contributed by atoms with E-state index in [1.165, 1.54) is 0 Å². The summed E-state index contributed by atoms with van der Waals surface area (Å²) in [6.07, 6.45) is 1.73. The predicted molar refractivity (Wildman–Crippen MR) is 71.8 cm³/mol. The van der Waals surface area contributed by atoms with E-state index < -0.39 is 0 Å². The maximum atomic E-state index is 12.0. The molecule has 5 nitrogen and oxygen atoms in total. The van der Waals surface area contributed by atoms with Crippen molar-refractivity contribution in [2.75, 3.05) is 0 Å². The summed E-state index contributed by atoms with van der Waals surface area (Å²) in [5.41, 5.74) is 1.48. The number of hydrogen-bond acceptors (Lipinski definition) is 3. The molecule has 0 unspecified atom stereocenters. The zero-order valence-electron chi connectivity index (χ0n) is 11.8. The number of imidazole rings is 1. The van der Waals surface area contributed by atoms with Crippen LogP contribution in [0.25, 0.3) is 11.3 Å². The molecule has 2 aromatic heterocycles. The Morgan fingerprint density at radius 2 is 1.78 bits per heavy atom. The van der Waals surface area contributed by atoms with Crippen LogP contribution in [0, 0.1) is 0 Å². The first-order valence-electron chi connectivity index (χ1n) is 6.09. The molecule has 0 saturated heterocycles. The van der Waals surface area contributed by atoms with E-state index in [2.05, 4.69) is 35.7 Å². The van der Waals surface area contributed by atoms with E-state index in [1.54, 1.807) is 10.8 Å². The van der Waals surface area contributed by atoms with Gasteiger partial charge in [-0.05, 0) is 20.8 Å². The van der Waals surface area contributed by atoms with Crippen LogP contribution in [0.4, 0.5) is 0 Å². The number of nitrogens with zero attached hydrogens (tertiary/aromatic N) is 3. The molecule has 0 saturated carbocycles. The molecule has 0 aliphatic heterocycles. The molecule has 0 amide bonds. The SMILES string of the molecule is CC(C)(C)c1cnc2[nH]c(=O)n(C(C)(C)C)c2n1. The molecule has 0 spiro atoms. The van der Waals surface area contributed by atoms with Crippen molar-refractivity contribution in [3.8, 4) is 0 Å². The number of aromatic amines is 1. The number of rotatable bonds is 0. The maximum Gasteiger partial charge on any atom is 0.329 e. The highest BCUT2D eigenvalue weighted by molar-refractivity contribution is 5.66. The van der Waals surface area contributed by atoms with Gasteiger partial charge in [0, 0.05) is 11.0 Å². The van der Waals surface area contributed by atoms with Crippen molar-refractivity contribution in [1.82, 2.24) is 19.5 Å². The fourth-order valence-electron chi connectivity index (χ4n) is 1.86. The highest BCUT2D eigenvalue weighted by Crippen LogP contribution is 2.22. The third-order valence-electron chi connectivity index (χ3n) is 2.83. The van der Waals surface area contributed by atoms with E-state index >= 15 is 0 Å². The second kappa shape index (κ2) is 3.67. The first kappa shape index (κ1) is 12.8. The topological polar surface area (TPSA) is 63.6 Å². The van der Waals surface area contributed by atoms with Crippen molar-refractivity contribution < 1.29 is 0 Å². The van der Waals surface area contributed by atoms with Crippen LogP contribution in [0.5, 0.6) is 0 Å². The van der Waals surface area contributed by atoms with Crippen LogP contribution >= 0.6 is 0 Å². The summed E-state index contributed by atoms with van der Waals surface area (Å²) in [6, 6.07) is 0. The van der Waals surface area contributed by atoms with Crippen LogP contribution in [0.2, 0.25) is 0 Å². The molecule has 0 atom stereocenters. The number of H-pyrrole nitrogens is 1. The zero-order valence-corrected chi connectivity index (χ0v) is 11.8. The Kier molecular flexibility index (Phi) is 2.61. The lowest BCUT2D eigenvalue weighted by molar-refractivity contribution is 0.394. The van der Waals surface area contributed by atoms with E-state index in [-0.39, 0.29) is 16.6 Å². The first-order valence-corrected chi connectivity index (χ1v) is 6.09. The van der Waals surface area contributed by atoms with Gasteiger partial charge in [-0.3, -0.25) is 9.55 Å². The Balaban J connectivity index is 2.80. The highest BCUT2D eigenvalue weighted by Gasteiger charge is 2.23. The number of fused-ring (bicyclic) bond motifs is 1. The van der Waals surface area contributed by atoms with Gasteiger partial charge in [0.05, 0.1) is 11.9 Å². The third kappa shape index (κ3) is 2.05. The predicted octanol–water partition coefficient (Wildman–Crippen LogP) is 2.17. The Bertz CT molecular complexity index is 638. The van der Waals surface area contributed by atoms with Crippen molar-refractivity contribution >= 4 is 11.3 Å². The molecule has 0 bridgehead atoms. The molecule has 98 valence electrons. The lowest BCUT2D eigenvalue weighted by atomic mass is 9.93. The normalized spacial score (nSPS) is 13.2. The van der Waals surface area contributed by atoms with Gasteiger partial charge in [0.25, 0.3) is 0 Å². The highest BCUT2D eigenvalue weighted by atomic mass is 16.1. The minimum Gasteiger partial charge on any atom is -0.289 e. The molecular formula is C13H20N4O. The summed E-state index contributed by atoms with van der Waals surface area (Å²) in [5, 5.41) is 0. The number of nitrogens with one attached hydrogen (secondary N) is 1. The quantitative estimate of drug-likeness (QED) is 0.777. The summed E-state index contributed by atoms with van der Waals surface area (Å²) >= 11 is 0. The number of aromatic nitrogens is 4. The van der Waals surface area contributed by atoms with Crippen LogP contribution in [0.15, 0.2) is 11.0 Å². The van der Waals surface area contributed by atoms with Crippen molar-refractivity contribution in [3.63, 3.8) is 0 Å². The molecule has 2 aromatic rings. The molecule has 2 rings (SSSR count). The maximum absolute atomic E-state index is 12.0. The van der Waals surface area contributed by atoms with E-state index in [0.717, 1.165) is 5.69 Å². The van der Waals surface area contributed by atoms with E-state index in [1.807, 2.05) is 20.8 Å². The van der Waals surface area contributed by atoms with E-state index in [0.29, 0.717) is 11.3 Å². The van der Waals surface area contributed by atoms with Gasteiger partial charge in [-0.15, -0.1) is 0 Å². The minimum atomic E-state index is -0.319. The van der Waals surface area contributed by atoms with Gasteiger partial charge >= 0.3 is 5.69 Å². The van der Waals surface area contributed by atoms with Gasteiger partial charge in [-0.25, -0.2) is 14.8 Å². The van der Waals surface area contributed by atoms with Gasteiger partial charge in [0.1, 0.15) is 0 Å². The molecular weight excluding hydrogens is 228 g/mol. The summed E-state index contributed by atoms with van der Waals surface area (Å²) in [7, 11) is 0. The summed E-state index contributed by atoms with van der Waals surface area (Å²) < 4.78 is 1.66. The van der Waals surface area contributed by atoms with Crippen LogP contribution in [-0.2, 0) is 11.0 Å². The smallest absolute Gasteiger partial charge is 0.289 e. The average Bonchev–Trinajstić information content (AvgIpc) is 2.49. The van der Waals surface area contributed by atoms with Crippen molar-refractivity contribution in [1.29, 1.82) is 0 Å². The lowest BCUT2D eigenvalue weighted by Crippen LogP contribution is -2.32. The molecule has 18 heavy (non-hydrogen) atoms. The Morgan fingerprint density at radius 1 is 1.17 bits per heavy atom. The second-order valence-corrected chi connectivity index (χ2v) is 6.61. The van der Waals surface area contributed by atoms with Crippen LogP contribution in [0.1, 0.15) is 47.2 Å². The van der Waals surface area contributed by atoms with Crippen LogP contribution in [-0.4, -0.2) is 19.5 Å². The summed E-state index contributed by atoms with van der Waals surface area (Å²) in [6.45, 7) is 12.2. The Morgan fingerprint density at radius 3 is 2.28 bits per heavy atom. The average molecular weight is 248 g/mol. The monoisotopic (exact) mass is 248 g/mol. The second-order valence-electron chi connectivity index (χ2n) is 6.61. The van der Waals surface area contributed by atoms with E-state index in [4.69, 9.17) is 0 Å². The molecule has 0 radical (unpaired) electrons. The molecule has 0 aliphatic rings. The minimum absolute atomic E-state index is 0.0861. The van der Waals surface area contributed by atoms with E-state index in [9.17, 15) is 4.79 Å². The van der Waals surface area contributed by atoms with Gasteiger partial charge in [-0.2, -0.15) is 0 Å². The lowest BCUT2D eigenvalue weighted by Gasteiger charge is -2.21. The Labute approximate surface area is 106 Å². The fraction of sp³-hybridized carbons (Fsp3) is 0.615. The number of hydrogen-bond donors (Lipinski definition) is 1. The van der Waals surface area contributed by atoms with Gasteiger partial charge in [-0.1, -0.05) is 20.8 Å². The van der Waals surface area contributed by atoms with Gasteiger partial charge < -0.3 is 0 Å². The molecule has 2 heterocycles. The molecule has 1 N–H and O–H groups in total. The standard InChI is InChI=1S/C13H20N4O/c1-12(2,3)8-7-14-9-10(15-8)17(11(18)16-9)13(4,5)6/h7H,1-6H3,(H,14,16,18). The Hall–Kier alpha value is -1.65. The summed E-state index contributed by atoms with van der Waals surface area (Å²) in [4.78, 5) is 23.6. The van der Waals surface area contributed by atoms with Crippen LogP contribution < -0.4 is 5.69 Å². The third-order valence-corrected chi connectivity index (χ3v) is 2.83. The van der Waals surface area contributed by atoms with Gasteiger partial charge in [0.15, 0.2) is 11.3 Å². The van der Waals surface area contributed by atoms with Crippen LogP contribution in [0.3, 0.4) is 0 Å². The van der Waals surface area contributed by atoms with Crippen molar-refractivity contribution in [3.05, 3.63) is 22.4 Å². The van der Waals surface area contributed by atoms with Crippen molar-refractivity contribution in [2.45, 2.75) is 52.5 Å². The summed E-state index contributed by atoms with van der Waals surface area (Å²) in [5.74, 6) is 0. The largest absolute Gasteiger partial charge is 0.329 e. The molecule has 0 aliphatic carbocycles.